The van der Waals surface area contributed by atoms with Crippen LogP contribution >= 0.6 is 0 Å². The minimum atomic E-state index is -1.30. The predicted octanol–water partition coefficient (Wildman–Crippen LogP) is 3.47. The first-order valence-electron chi connectivity index (χ1n) is 6.00. The van der Waals surface area contributed by atoms with E-state index in [2.05, 4.69) is 49.3 Å². The van der Waals surface area contributed by atoms with Gasteiger partial charge in [0.15, 0.2) is 0 Å². The van der Waals surface area contributed by atoms with Crippen LogP contribution in [0.4, 0.5) is 0 Å². The molecular weight excluding hydrogens is 222 g/mol. The van der Waals surface area contributed by atoms with E-state index in [4.69, 9.17) is 5.26 Å². The Labute approximate surface area is 104 Å². The summed E-state index contributed by atoms with van der Waals surface area (Å²) >= 11 is 0. The molecule has 0 aromatic heterocycles. The normalized spacial score (nSPS) is 16.6. The van der Waals surface area contributed by atoms with E-state index >= 15 is 0 Å². The van der Waals surface area contributed by atoms with Crippen molar-refractivity contribution in [1.29, 1.82) is 5.26 Å². The van der Waals surface area contributed by atoms with Crippen molar-refractivity contribution in [3.63, 3.8) is 0 Å². The molecule has 86 valence electrons. The molecule has 1 aromatic rings. The van der Waals surface area contributed by atoms with Crippen molar-refractivity contribution < 1.29 is 0 Å². The summed E-state index contributed by atoms with van der Waals surface area (Å²) in [6.07, 6.45) is 2.01. The first-order valence-corrected chi connectivity index (χ1v) is 9.50. The number of rotatable bonds is 1. The van der Waals surface area contributed by atoms with E-state index in [9.17, 15) is 0 Å². The molecule has 1 aliphatic carbocycles. The Bertz CT molecular complexity index is 513. The van der Waals surface area contributed by atoms with E-state index in [1.54, 1.807) is 0 Å². The fourth-order valence-electron chi connectivity index (χ4n) is 1.72. The maximum atomic E-state index is 9.12. The van der Waals surface area contributed by atoms with Crippen LogP contribution < -0.4 is 0 Å². The Morgan fingerprint density at radius 3 is 2.12 bits per heavy atom. The quantitative estimate of drug-likeness (QED) is 0.544. The maximum Gasteiger partial charge on any atom is 0.129 e. The van der Waals surface area contributed by atoms with Gasteiger partial charge in [0.2, 0.25) is 0 Å². The van der Waals surface area contributed by atoms with Crippen LogP contribution in [0.25, 0.3) is 0 Å². The summed E-state index contributed by atoms with van der Waals surface area (Å²) in [5.41, 5.74) is 5.39. The standard InChI is InChI=1S/C15H17NSi/c1-17(2,3)11-8-13-4-6-14(7-5-13)15(12-16)9-10-15/h4-7H,9-10H2,1-3H3. The molecule has 1 nitrogen and oxygen atoms in total. The summed E-state index contributed by atoms with van der Waals surface area (Å²) in [5, 5.41) is 9.12. The molecule has 0 N–H and O–H groups in total. The Morgan fingerprint density at radius 2 is 1.71 bits per heavy atom. The topological polar surface area (TPSA) is 23.8 Å². The molecule has 2 heteroatoms. The fraction of sp³-hybridized carbons (Fsp3) is 0.400. The van der Waals surface area contributed by atoms with E-state index in [0.717, 1.165) is 24.0 Å². The van der Waals surface area contributed by atoms with E-state index in [-0.39, 0.29) is 5.41 Å². The second-order valence-corrected chi connectivity index (χ2v) is 10.5. The van der Waals surface area contributed by atoms with E-state index in [1.165, 1.54) is 0 Å². The van der Waals surface area contributed by atoms with Crippen molar-refractivity contribution in [3.8, 4) is 17.5 Å². The fourth-order valence-corrected chi connectivity index (χ4v) is 2.24. The molecule has 1 fully saturated rings. The molecule has 2 rings (SSSR count). The molecule has 1 aromatic carbocycles. The minimum absolute atomic E-state index is 0.176. The van der Waals surface area contributed by atoms with Gasteiger partial charge < -0.3 is 0 Å². The molecule has 1 saturated carbocycles. The number of nitriles is 1. The zero-order chi connectivity index (χ0) is 12.5. The lowest BCUT2D eigenvalue weighted by atomic mass is 9.97. The molecule has 0 unspecified atom stereocenters. The highest BCUT2D eigenvalue weighted by molar-refractivity contribution is 6.83. The molecule has 0 bridgehead atoms. The number of hydrogen-bond donors (Lipinski definition) is 0. The molecule has 0 amide bonds. The van der Waals surface area contributed by atoms with Gasteiger partial charge in [-0.25, -0.2) is 0 Å². The molecule has 1 aliphatic rings. The Balaban J connectivity index is 2.20. The molecular formula is C15H17NSi. The number of benzene rings is 1. The van der Waals surface area contributed by atoms with Crippen molar-refractivity contribution >= 4 is 8.07 Å². The maximum absolute atomic E-state index is 9.12. The van der Waals surface area contributed by atoms with Gasteiger partial charge in [-0.1, -0.05) is 37.7 Å². The Morgan fingerprint density at radius 1 is 1.12 bits per heavy atom. The third-order valence-electron chi connectivity index (χ3n) is 2.98. The number of nitrogens with zero attached hydrogens (tertiary/aromatic N) is 1. The minimum Gasteiger partial charge on any atom is -0.197 e. The van der Waals surface area contributed by atoms with Gasteiger partial charge in [0.25, 0.3) is 0 Å². The van der Waals surface area contributed by atoms with Gasteiger partial charge in [-0.2, -0.15) is 5.26 Å². The summed E-state index contributed by atoms with van der Waals surface area (Å²) in [4.78, 5) is 0. The molecule has 0 aliphatic heterocycles. The molecule has 0 saturated heterocycles. The van der Waals surface area contributed by atoms with Crippen LogP contribution in [0.3, 0.4) is 0 Å². The van der Waals surface area contributed by atoms with Crippen LogP contribution in [0.15, 0.2) is 24.3 Å². The number of hydrogen-bond acceptors (Lipinski definition) is 1. The van der Waals surface area contributed by atoms with Crippen molar-refractivity contribution in [2.75, 3.05) is 0 Å². The summed E-state index contributed by atoms with van der Waals surface area (Å²) in [5.74, 6) is 3.23. The zero-order valence-corrected chi connectivity index (χ0v) is 11.7. The van der Waals surface area contributed by atoms with Crippen LogP contribution in [0.1, 0.15) is 24.0 Å². The highest BCUT2D eigenvalue weighted by Crippen LogP contribution is 2.47. The lowest BCUT2D eigenvalue weighted by molar-refractivity contribution is 0.908. The largest absolute Gasteiger partial charge is 0.197 e. The molecule has 0 spiro atoms. The Kier molecular flexibility index (Phi) is 2.85. The van der Waals surface area contributed by atoms with Gasteiger partial charge in [-0.15, -0.1) is 5.54 Å². The van der Waals surface area contributed by atoms with Crippen molar-refractivity contribution in [3.05, 3.63) is 35.4 Å². The second-order valence-electron chi connectivity index (χ2n) is 5.77. The van der Waals surface area contributed by atoms with E-state index in [0.29, 0.717) is 0 Å². The van der Waals surface area contributed by atoms with Gasteiger partial charge in [0.05, 0.1) is 11.5 Å². The first-order chi connectivity index (χ1) is 7.95. The van der Waals surface area contributed by atoms with Crippen LogP contribution in [0.5, 0.6) is 0 Å². The summed E-state index contributed by atoms with van der Waals surface area (Å²) in [6.45, 7) is 6.72. The smallest absolute Gasteiger partial charge is 0.129 e. The van der Waals surface area contributed by atoms with Gasteiger partial charge in [0.1, 0.15) is 8.07 Å². The lowest BCUT2D eigenvalue weighted by Gasteiger charge is -2.06. The van der Waals surface area contributed by atoms with E-state index < -0.39 is 8.07 Å². The van der Waals surface area contributed by atoms with Crippen LogP contribution in [0.2, 0.25) is 19.6 Å². The SMILES string of the molecule is C[Si](C)(C)C#Cc1ccc(C2(C#N)CC2)cc1. The van der Waals surface area contributed by atoms with Gasteiger partial charge in [0, 0.05) is 5.56 Å². The van der Waals surface area contributed by atoms with Crippen LogP contribution in [-0.4, -0.2) is 8.07 Å². The first kappa shape index (κ1) is 12.0. The highest BCUT2D eigenvalue weighted by atomic mass is 28.3. The van der Waals surface area contributed by atoms with Gasteiger partial charge >= 0.3 is 0 Å². The monoisotopic (exact) mass is 239 g/mol. The average molecular weight is 239 g/mol. The van der Waals surface area contributed by atoms with Crippen molar-refractivity contribution in [2.24, 2.45) is 0 Å². The van der Waals surface area contributed by atoms with E-state index in [1.807, 2.05) is 12.1 Å². The highest BCUT2D eigenvalue weighted by Gasteiger charge is 2.44. The van der Waals surface area contributed by atoms with Crippen molar-refractivity contribution in [2.45, 2.75) is 37.9 Å². The summed E-state index contributed by atoms with van der Waals surface area (Å²) < 4.78 is 0. The third-order valence-corrected chi connectivity index (χ3v) is 3.86. The zero-order valence-electron chi connectivity index (χ0n) is 10.7. The van der Waals surface area contributed by atoms with Crippen molar-refractivity contribution in [1.82, 2.24) is 0 Å². The molecule has 0 heterocycles. The van der Waals surface area contributed by atoms with Crippen LogP contribution in [-0.2, 0) is 5.41 Å². The predicted molar refractivity (Wildman–Crippen MR) is 73.2 cm³/mol. The Hall–Kier alpha value is -1.51. The summed E-state index contributed by atoms with van der Waals surface area (Å²) in [6, 6.07) is 10.6. The lowest BCUT2D eigenvalue weighted by Crippen LogP contribution is -2.16. The second kappa shape index (κ2) is 4.06. The molecule has 17 heavy (non-hydrogen) atoms. The molecule has 0 atom stereocenters. The average Bonchev–Trinajstić information content (AvgIpc) is 3.07. The van der Waals surface area contributed by atoms with Crippen LogP contribution in [0, 0.1) is 22.8 Å². The van der Waals surface area contributed by atoms with Gasteiger partial charge in [-0.3, -0.25) is 0 Å². The third kappa shape index (κ3) is 2.78. The van der Waals surface area contributed by atoms with Gasteiger partial charge in [-0.05, 0) is 30.5 Å². The molecule has 0 radical (unpaired) electrons. The summed E-state index contributed by atoms with van der Waals surface area (Å²) in [7, 11) is -1.30.